The van der Waals surface area contributed by atoms with E-state index in [1.54, 1.807) is 0 Å². The average Bonchev–Trinajstić information content (AvgIpc) is 3.14. The molecular weight excluding hydrogens is 510 g/mol. The molecule has 2 fully saturated rings. The average molecular weight is 549 g/mol. The number of fused-ring (bicyclic) bond motifs is 1. The molecule has 0 aromatic rings. The van der Waals surface area contributed by atoms with Gasteiger partial charge < -0.3 is 15.3 Å². The van der Waals surface area contributed by atoms with E-state index in [-0.39, 0.29) is 17.9 Å². The van der Waals surface area contributed by atoms with Crippen LogP contribution in [0.15, 0.2) is 59.3 Å². The smallest absolute Gasteiger partial charge is 0.393 e. The van der Waals surface area contributed by atoms with Crippen molar-refractivity contribution in [1.29, 1.82) is 0 Å². The van der Waals surface area contributed by atoms with E-state index >= 15 is 0 Å². The quantitative estimate of drug-likeness (QED) is 0.168. The molecule has 4 atom stereocenters. The second kappa shape index (κ2) is 11.7. The predicted octanol–water partition coefficient (Wildman–Crippen LogP) is 7.41. The first kappa shape index (κ1) is 30.7. The fourth-order valence-electron chi connectivity index (χ4n) is 6.12. The Bertz CT molecular complexity index is 973. The highest BCUT2D eigenvalue weighted by atomic mass is 19.4. The molecule has 0 radical (unpaired) electrons. The SMILES string of the molecule is C=C1/C(=C\C=C2/CCCC3(C)C(CCCCC/C=C/C(O)(C(F)(F)F)C(F)(F)F)=CC[C@@H]23)C[C@@H](O)C[C@@H]1O. The van der Waals surface area contributed by atoms with Gasteiger partial charge in [0.15, 0.2) is 0 Å². The zero-order valence-corrected chi connectivity index (χ0v) is 21.7. The first-order valence-electron chi connectivity index (χ1n) is 13.3. The third-order valence-corrected chi connectivity index (χ3v) is 8.52. The largest absolute Gasteiger partial charge is 0.429 e. The minimum atomic E-state index is -5.83. The minimum Gasteiger partial charge on any atom is -0.393 e. The normalized spacial score (nSPS) is 31.4. The summed E-state index contributed by atoms with van der Waals surface area (Å²) >= 11 is 0. The maximum Gasteiger partial charge on any atom is 0.429 e. The zero-order chi connectivity index (χ0) is 28.4. The number of alkyl halides is 6. The number of rotatable bonds is 8. The third-order valence-electron chi connectivity index (χ3n) is 8.52. The summed E-state index contributed by atoms with van der Waals surface area (Å²) < 4.78 is 76.4. The van der Waals surface area contributed by atoms with E-state index in [9.17, 15) is 36.6 Å². The molecule has 2 saturated carbocycles. The maximum atomic E-state index is 12.7. The Balaban J connectivity index is 1.53. The van der Waals surface area contributed by atoms with Crippen molar-refractivity contribution in [1.82, 2.24) is 0 Å². The molecular formula is C29H38F6O3. The van der Waals surface area contributed by atoms with Crippen LogP contribution in [0.2, 0.25) is 0 Å². The van der Waals surface area contributed by atoms with E-state index in [4.69, 9.17) is 5.11 Å². The maximum absolute atomic E-state index is 12.7. The molecule has 0 saturated heterocycles. The summed E-state index contributed by atoms with van der Waals surface area (Å²) in [6, 6.07) is 0. The topological polar surface area (TPSA) is 60.7 Å². The fraction of sp³-hybridized carbons (Fsp3) is 0.655. The highest BCUT2D eigenvalue weighted by Crippen LogP contribution is 2.56. The molecule has 0 heterocycles. The van der Waals surface area contributed by atoms with Gasteiger partial charge in [0.25, 0.3) is 5.60 Å². The van der Waals surface area contributed by atoms with Crippen molar-refractivity contribution in [2.24, 2.45) is 11.3 Å². The molecule has 3 N–H and O–H groups in total. The van der Waals surface area contributed by atoms with Gasteiger partial charge in [-0.05, 0) is 86.3 Å². The Hall–Kier alpha value is -1.84. The van der Waals surface area contributed by atoms with Crippen LogP contribution in [-0.2, 0) is 0 Å². The van der Waals surface area contributed by atoms with Crippen molar-refractivity contribution in [3.05, 3.63) is 59.3 Å². The molecule has 0 aromatic heterocycles. The van der Waals surface area contributed by atoms with Crippen molar-refractivity contribution in [2.75, 3.05) is 0 Å². The third kappa shape index (κ3) is 6.48. The van der Waals surface area contributed by atoms with Gasteiger partial charge in [-0.15, -0.1) is 0 Å². The highest BCUT2D eigenvalue weighted by Gasteiger charge is 2.68. The highest BCUT2D eigenvalue weighted by molar-refractivity contribution is 5.40. The summed E-state index contributed by atoms with van der Waals surface area (Å²) in [6.07, 6.45) is 1.48. The van der Waals surface area contributed by atoms with Crippen LogP contribution in [0.3, 0.4) is 0 Å². The first-order valence-corrected chi connectivity index (χ1v) is 13.3. The Kier molecular flexibility index (Phi) is 9.47. The van der Waals surface area contributed by atoms with E-state index < -0.39 is 30.2 Å². The van der Waals surface area contributed by atoms with Crippen molar-refractivity contribution in [3.63, 3.8) is 0 Å². The summed E-state index contributed by atoms with van der Waals surface area (Å²) in [5.74, 6) is 0.361. The second-order valence-electron chi connectivity index (χ2n) is 11.1. The number of halogens is 6. The van der Waals surface area contributed by atoms with Crippen LogP contribution in [0, 0.1) is 11.3 Å². The summed E-state index contributed by atoms with van der Waals surface area (Å²) in [5.41, 5.74) is -0.586. The molecule has 9 heteroatoms. The molecule has 3 aliphatic carbocycles. The van der Waals surface area contributed by atoms with Crippen molar-refractivity contribution < 1.29 is 41.7 Å². The van der Waals surface area contributed by atoms with E-state index in [0.29, 0.717) is 37.2 Å². The van der Waals surface area contributed by atoms with Crippen LogP contribution < -0.4 is 0 Å². The Morgan fingerprint density at radius 3 is 2.39 bits per heavy atom. The Morgan fingerprint density at radius 1 is 1.05 bits per heavy atom. The molecule has 0 aromatic carbocycles. The lowest BCUT2D eigenvalue weighted by Gasteiger charge is -2.41. The molecule has 1 unspecified atom stereocenters. The van der Waals surface area contributed by atoms with E-state index in [1.807, 2.05) is 6.08 Å². The number of hydrogen-bond donors (Lipinski definition) is 3. The molecule has 0 aliphatic heterocycles. The van der Waals surface area contributed by atoms with Gasteiger partial charge in [-0.1, -0.05) is 55.4 Å². The number of aliphatic hydroxyl groups excluding tert-OH is 2. The standard InChI is InChI=1S/C29H38F6O3/c1-19-21(17-23(36)18-25(19)37)12-11-20-9-8-15-26(2)22(13-14-24(20)26)10-6-4-3-5-7-16-27(38,28(30,31)32)29(33,34)35/h7,11-13,16,23-25,36-38H,1,3-6,8-10,14-15,17-18H2,2H3/b16-7+,20-11+,21-12-/t23-,24+,25+,26?/m1/s1. The van der Waals surface area contributed by atoms with E-state index in [1.165, 1.54) is 11.1 Å². The number of allylic oxidation sites excluding steroid dienone is 6. The van der Waals surface area contributed by atoms with Crippen LogP contribution in [0.5, 0.6) is 0 Å². The lowest BCUT2D eigenvalue weighted by Crippen LogP contribution is -2.55. The molecule has 214 valence electrons. The lowest BCUT2D eigenvalue weighted by atomic mass is 9.63. The Morgan fingerprint density at radius 2 is 1.74 bits per heavy atom. The van der Waals surface area contributed by atoms with Gasteiger partial charge in [0, 0.05) is 6.42 Å². The lowest BCUT2D eigenvalue weighted by molar-refractivity contribution is -0.347. The summed E-state index contributed by atoms with van der Waals surface area (Å²) in [4.78, 5) is 0. The molecule has 0 spiro atoms. The summed E-state index contributed by atoms with van der Waals surface area (Å²) in [6.45, 7) is 6.24. The summed E-state index contributed by atoms with van der Waals surface area (Å²) in [5, 5.41) is 29.3. The molecule has 0 amide bonds. The molecule has 3 rings (SSSR count). The molecule has 0 bridgehead atoms. The number of aliphatic hydroxyl groups is 3. The van der Waals surface area contributed by atoms with Gasteiger partial charge in [-0.25, -0.2) is 0 Å². The van der Waals surface area contributed by atoms with Crippen LogP contribution in [-0.4, -0.2) is 45.5 Å². The van der Waals surface area contributed by atoms with Crippen LogP contribution in [0.4, 0.5) is 26.3 Å². The van der Waals surface area contributed by atoms with Gasteiger partial charge in [-0.3, -0.25) is 0 Å². The Labute approximate surface area is 220 Å². The van der Waals surface area contributed by atoms with Crippen LogP contribution in [0.1, 0.15) is 77.6 Å². The van der Waals surface area contributed by atoms with Gasteiger partial charge in [0.2, 0.25) is 0 Å². The number of unbranched alkanes of at least 4 members (excludes halogenated alkanes) is 3. The predicted molar refractivity (Wildman–Crippen MR) is 134 cm³/mol. The zero-order valence-electron chi connectivity index (χ0n) is 21.7. The molecule has 3 aliphatic rings. The van der Waals surface area contributed by atoms with Gasteiger partial charge in [0.05, 0.1) is 12.2 Å². The molecule has 3 nitrogen and oxygen atoms in total. The second-order valence-corrected chi connectivity index (χ2v) is 11.1. The van der Waals surface area contributed by atoms with E-state index in [2.05, 4.69) is 25.7 Å². The van der Waals surface area contributed by atoms with Crippen LogP contribution in [0.25, 0.3) is 0 Å². The van der Waals surface area contributed by atoms with Crippen molar-refractivity contribution in [3.8, 4) is 0 Å². The summed E-state index contributed by atoms with van der Waals surface area (Å²) in [7, 11) is 0. The van der Waals surface area contributed by atoms with E-state index in [0.717, 1.165) is 50.2 Å². The van der Waals surface area contributed by atoms with Crippen LogP contribution >= 0.6 is 0 Å². The van der Waals surface area contributed by atoms with Crippen molar-refractivity contribution >= 4 is 0 Å². The van der Waals surface area contributed by atoms with Gasteiger partial charge in [-0.2, -0.15) is 26.3 Å². The first-order chi connectivity index (χ1) is 17.6. The monoisotopic (exact) mass is 548 g/mol. The van der Waals surface area contributed by atoms with Gasteiger partial charge in [0.1, 0.15) is 0 Å². The number of hydrogen-bond acceptors (Lipinski definition) is 3. The van der Waals surface area contributed by atoms with Crippen molar-refractivity contribution in [2.45, 2.75) is 108 Å². The molecule has 38 heavy (non-hydrogen) atoms. The fourth-order valence-corrected chi connectivity index (χ4v) is 6.12. The minimum absolute atomic E-state index is 0.0149. The van der Waals surface area contributed by atoms with Gasteiger partial charge >= 0.3 is 12.4 Å².